The number of aryl methyl sites for hydroxylation is 1. The maximum Gasteiger partial charge on any atom is 0.244 e. The van der Waals surface area contributed by atoms with E-state index in [2.05, 4.69) is 5.32 Å². The van der Waals surface area contributed by atoms with E-state index in [1.807, 2.05) is 60.0 Å². The van der Waals surface area contributed by atoms with Crippen LogP contribution in [0, 0.1) is 12.7 Å². The number of aromatic nitrogens is 2. The number of carbonyl (C=O) groups is 1. The highest BCUT2D eigenvalue weighted by Crippen LogP contribution is 2.27. The summed E-state index contributed by atoms with van der Waals surface area (Å²) in [5.74, 6) is 0.115. The molecule has 0 spiro atoms. The minimum atomic E-state index is -0.388. The smallest absolute Gasteiger partial charge is 0.244 e. The van der Waals surface area contributed by atoms with E-state index < -0.39 is 0 Å². The number of carbonyl (C=O) groups excluding carboxylic acids is 1. The van der Waals surface area contributed by atoms with Crippen LogP contribution in [0.25, 0.3) is 22.4 Å². The average molecular weight is 359 g/mol. The van der Waals surface area contributed by atoms with Gasteiger partial charge in [-0.3, -0.25) is 4.79 Å². The Balaban J connectivity index is 1.73. The molecule has 4 rings (SSSR count). The summed E-state index contributed by atoms with van der Waals surface area (Å²) < 4.78 is 15.3. The molecular formula is C22H18FN3O. The standard InChI is InChI=1S/C22H18FN3O/c1-15-7-2-3-10-18(15)22-25-19-11-4-5-12-20(19)26(22)14-21(27)24-17-9-6-8-16(23)13-17/h2-13H,14H2,1H3,(H,24,27). The van der Waals surface area contributed by atoms with Crippen LogP contribution >= 0.6 is 0 Å². The van der Waals surface area contributed by atoms with Gasteiger partial charge >= 0.3 is 0 Å². The summed E-state index contributed by atoms with van der Waals surface area (Å²) in [6.07, 6.45) is 0. The number of benzene rings is 3. The van der Waals surface area contributed by atoms with E-state index in [1.165, 1.54) is 12.1 Å². The lowest BCUT2D eigenvalue weighted by Crippen LogP contribution is -2.19. The first-order chi connectivity index (χ1) is 13.1. The van der Waals surface area contributed by atoms with Crippen LogP contribution in [0.4, 0.5) is 10.1 Å². The molecule has 4 nitrogen and oxygen atoms in total. The normalized spacial score (nSPS) is 10.9. The van der Waals surface area contributed by atoms with Crippen molar-refractivity contribution >= 4 is 22.6 Å². The molecule has 5 heteroatoms. The number of nitrogens with one attached hydrogen (secondary N) is 1. The fourth-order valence-corrected chi connectivity index (χ4v) is 3.18. The van der Waals surface area contributed by atoms with Crippen molar-refractivity contribution in [3.8, 4) is 11.4 Å². The Kier molecular flexibility index (Phi) is 4.42. The van der Waals surface area contributed by atoms with Crippen molar-refractivity contribution in [3.63, 3.8) is 0 Å². The maximum absolute atomic E-state index is 13.4. The molecule has 0 saturated carbocycles. The van der Waals surface area contributed by atoms with Crippen LogP contribution in [0.5, 0.6) is 0 Å². The number of hydrogen-bond acceptors (Lipinski definition) is 2. The average Bonchev–Trinajstić information content (AvgIpc) is 3.00. The summed E-state index contributed by atoms with van der Waals surface area (Å²) >= 11 is 0. The molecule has 0 radical (unpaired) electrons. The van der Waals surface area contributed by atoms with Crippen molar-refractivity contribution in [2.75, 3.05) is 5.32 Å². The van der Waals surface area contributed by atoms with Crippen LogP contribution in [0.2, 0.25) is 0 Å². The molecule has 4 aromatic rings. The lowest BCUT2D eigenvalue weighted by Gasteiger charge is -2.11. The zero-order chi connectivity index (χ0) is 18.8. The molecule has 0 aliphatic heterocycles. The largest absolute Gasteiger partial charge is 0.324 e. The minimum absolute atomic E-state index is 0.0840. The first-order valence-corrected chi connectivity index (χ1v) is 8.68. The lowest BCUT2D eigenvalue weighted by molar-refractivity contribution is -0.116. The number of anilines is 1. The molecule has 0 aliphatic rings. The minimum Gasteiger partial charge on any atom is -0.324 e. The number of rotatable bonds is 4. The zero-order valence-corrected chi connectivity index (χ0v) is 14.8. The number of fused-ring (bicyclic) bond motifs is 1. The van der Waals surface area contributed by atoms with Crippen LogP contribution in [-0.4, -0.2) is 15.5 Å². The van der Waals surface area contributed by atoms with E-state index in [1.54, 1.807) is 12.1 Å². The van der Waals surface area contributed by atoms with Crippen molar-refractivity contribution in [2.45, 2.75) is 13.5 Å². The molecule has 0 atom stereocenters. The van der Waals surface area contributed by atoms with Crippen molar-refractivity contribution in [3.05, 3.63) is 84.2 Å². The van der Waals surface area contributed by atoms with Gasteiger partial charge in [0.1, 0.15) is 18.2 Å². The van der Waals surface area contributed by atoms with Gasteiger partial charge in [-0.1, -0.05) is 42.5 Å². The Morgan fingerprint density at radius 1 is 1.04 bits per heavy atom. The van der Waals surface area contributed by atoms with E-state index in [0.717, 1.165) is 28.0 Å². The summed E-state index contributed by atoms with van der Waals surface area (Å²) in [5, 5.41) is 2.75. The number of halogens is 1. The summed E-state index contributed by atoms with van der Waals surface area (Å²) in [6, 6.07) is 21.5. The van der Waals surface area contributed by atoms with Crippen molar-refractivity contribution in [2.24, 2.45) is 0 Å². The second-order valence-electron chi connectivity index (χ2n) is 6.38. The fourth-order valence-electron chi connectivity index (χ4n) is 3.18. The van der Waals surface area contributed by atoms with Gasteiger partial charge in [-0.05, 0) is 42.8 Å². The number of para-hydroxylation sites is 2. The van der Waals surface area contributed by atoms with Gasteiger partial charge in [0.25, 0.3) is 0 Å². The Hall–Kier alpha value is -3.47. The van der Waals surface area contributed by atoms with Gasteiger partial charge in [0, 0.05) is 11.3 Å². The van der Waals surface area contributed by atoms with E-state index in [4.69, 9.17) is 4.98 Å². The fraction of sp³-hybridized carbons (Fsp3) is 0.0909. The first-order valence-electron chi connectivity index (χ1n) is 8.68. The molecule has 0 saturated heterocycles. The highest BCUT2D eigenvalue weighted by Gasteiger charge is 2.16. The quantitative estimate of drug-likeness (QED) is 0.569. The topological polar surface area (TPSA) is 46.9 Å². The zero-order valence-electron chi connectivity index (χ0n) is 14.8. The van der Waals surface area contributed by atoms with Crippen molar-refractivity contribution in [1.82, 2.24) is 9.55 Å². The Morgan fingerprint density at radius 2 is 1.81 bits per heavy atom. The first kappa shape index (κ1) is 17.0. The van der Waals surface area contributed by atoms with Gasteiger partial charge in [0.15, 0.2) is 0 Å². The van der Waals surface area contributed by atoms with Gasteiger partial charge in [-0.2, -0.15) is 0 Å². The SMILES string of the molecule is Cc1ccccc1-c1nc2ccccc2n1CC(=O)Nc1cccc(F)c1. The third-order valence-electron chi connectivity index (χ3n) is 4.45. The van der Waals surface area contributed by atoms with Crippen LogP contribution in [0.1, 0.15) is 5.56 Å². The number of imidazole rings is 1. The van der Waals surface area contributed by atoms with Gasteiger partial charge < -0.3 is 9.88 Å². The van der Waals surface area contributed by atoms with E-state index in [9.17, 15) is 9.18 Å². The Labute approximate surface area is 156 Å². The molecule has 27 heavy (non-hydrogen) atoms. The molecule has 0 fully saturated rings. The molecule has 0 bridgehead atoms. The second-order valence-corrected chi connectivity index (χ2v) is 6.38. The molecule has 1 amide bonds. The predicted molar refractivity (Wildman–Crippen MR) is 105 cm³/mol. The van der Waals surface area contributed by atoms with Crippen molar-refractivity contribution in [1.29, 1.82) is 0 Å². The van der Waals surface area contributed by atoms with Crippen LogP contribution in [0.15, 0.2) is 72.8 Å². The van der Waals surface area contributed by atoms with Gasteiger partial charge in [-0.25, -0.2) is 9.37 Å². The number of amides is 1. The molecule has 0 aliphatic carbocycles. The number of hydrogen-bond donors (Lipinski definition) is 1. The van der Waals surface area contributed by atoms with Crippen LogP contribution in [-0.2, 0) is 11.3 Å². The summed E-state index contributed by atoms with van der Waals surface area (Å²) in [4.78, 5) is 17.4. The Morgan fingerprint density at radius 3 is 2.63 bits per heavy atom. The second kappa shape index (κ2) is 7.03. The van der Waals surface area contributed by atoms with Gasteiger partial charge in [-0.15, -0.1) is 0 Å². The third-order valence-corrected chi connectivity index (χ3v) is 4.45. The van der Waals surface area contributed by atoms with E-state index in [-0.39, 0.29) is 18.3 Å². The maximum atomic E-state index is 13.4. The molecular weight excluding hydrogens is 341 g/mol. The van der Waals surface area contributed by atoms with Gasteiger partial charge in [0.05, 0.1) is 11.0 Å². The van der Waals surface area contributed by atoms with Crippen molar-refractivity contribution < 1.29 is 9.18 Å². The Bertz CT molecular complexity index is 1130. The van der Waals surface area contributed by atoms with Gasteiger partial charge in [0.2, 0.25) is 5.91 Å². The molecule has 1 N–H and O–H groups in total. The predicted octanol–water partition coefficient (Wildman–Crippen LogP) is 4.79. The molecule has 1 heterocycles. The lowest BCUT2D eigenvalue weighted by atomic mass is 10.1. The summed E-state index contributed by atoms with van der Waals surface area (Å²) in [7, 11) is 0. The number of nitrogens with zero attached hydrogens (tertiary/aromatic N) is 2. The molecule has 134 valence electrons. The highest BCUT2D eigenvalue weighted by atomic mass is 19.1. The molecule has 3 aromatic carbocycles. The third kappa shape index (κ3) is 3.44. The highest BCUT2D eigenvalue weighted by molar-refractivity contribution is 5.92. The monoisotopic (exact) mass is 359 g/mol. The molecule has 0 unspecified atom stereocenters. The van der Waals surface area contributed by atoms with E-state index in [0.29, 0.717) is 5.69 Å². The molecule has 1 aromatic heterocycles. The summed E-state index contributed by atoms with van der Waals surface area (Å²) in [6.45, 7) is 2.10. The van der Waals surface area contributed by atoms with Crippen LogP contribution in [0.3, 0.4) is 0 Å². The van der Waals surface area contributed by atoms with Crippen LogP contribution < -0.4 is 5.32 Å². The summed E-state index contributed by atoms with van der Waals surface area (Å²) in [5.41, 5.74) is 4.20. The van der Waals surface area contributed by atoms with E-state index >= 15 is 0 Å².